The number of carbonyl (C=O) groups is 3. The van der Waals surface area contributed by atoms with E-state index in [-0.39, 0.29) is 31.6 Å². The number of hydrogen-bond donors (Lipinski definition) is 0. The Balaban J connectivity index is 3.98. The molecule has 6 heteroatoms. The van der Waals surface area contributed by atoms with Gasteiger partial charge in [0.05, 0.1) is 6.42 Å². The van der Waals surface area contributed by atoms with Crippen LogP contribution in [0.4, 0.5) is 0 Å². The SMILES string of the molecule is CC/C=C\C/C=C\C/C=C\C/C=C\C/C=C\CC(=O)OC(COC(=O)CCCCCCCCCC)COC(=O)CCCCCCCCCCCCCCCCCCCCCCCCCCCCCCCCCCCCC. The van der Waals surface area contributed by atoms with Crippen LogP contribution in [-0.2, 0) is 28.6 Å². The minimum atomic E-state index is -0.824. The molecule has 0 rings (SSSR count). The lowest BCUT2D eigenvalue weighted by molar-refractivity contribution is -0.166. The molecule has 0 saturated carbocycles. The Hall–Kier alpha value is -2.89. The quantitative estimate of drug-likeness (QED) is 0.0261. The Morgan fingerprint density at radius 3 is 0.750 bits per heavy atom. The molecule has 0 aliphatic heterocycles. The fraction of sp³-hybridized carbons (Fsp3) is 0.814. The van der Waals surface area contributed by atoms with Crippen LogP contribution in [0.25, 0.3) is 0 Å². The minimum absolute atomic E-state index is 0.101. The van der Waals surface area contributed by atoms with Gasteiger partial charge >= 0.3 is 17.9 Å². The van der Waals surface area contributed by atoms with Crippen molar-refractivity contribution in [2.45, 2.75) is 354 Å². The van der Waals surface area contributed by atoms with Crippen LogP contribution in [0.3, 0.4) is 0 Å². The Morgan fingerprint density at radius 2 is 0.500 bits per heavy atom. The zero-order chi connectivity index (χ0) is 55.0. The number of rotatable bonds is 61. The summed E-state index contributed by atoms with van der Waals surface area (Å²) in [6.45, 7) is 6.45. The van der Waals surface area contributed by atoms with E-state index in [1.807, 2.05) is 6.08 Å². The van der Waals surface area contributed by atoms with Gasteiger partial charge in [-0.2, -0.15) is 0 Å². The molecule has 0 amide bonds. The van der Waals surface area contributed by atoms with Gasteiger partial charge in [0, 0.05) is 12.8 Å². The number of allylic oxidation sites excluding steroid dienone is 9. The molecule has 1 unspecified atom stereocenters. The van der Waals surface area contributed by atoms with Crippen LogP contribution in [0.5, 0.6) is 0 Å². The van der Waals surface area contributed by atoms with Crippen molar-refractivity contribution in [3.8, 4) is 0 Å². The van der Waals surface area contributed by atoms with E-state index >= 15 is 0 Å². The van der Waals surface area contributed by atoms with Crippen molar-refractivity contribution in [2.75, 3.05) is 13.2 Å². The maximum atomic E-state index is 12.8. The highest BCUT2D eigenvalue weighted by molar-refractivity contribution is 5.72. The first kappa shape index (κ1) is 73.1. The molecular weight excluding hydrogens is 937 g/mol. The fourth-order valence-electron chi connectivity index (χ4n) is 9.88. The molecule has 0 heterocycles. The first-order chi connectivity index (χ1) is 37.5. The van der Waals surface area contributed by atoms with Crippen LogP contribution in [0.15, 0.2) is 60.8 Å². The predicted molar refractivity (Wildman–Crippen MR) is 330 cm³/mol. The van der Waals surface area contributed by atoms with Gasteiger partial charge in [0.15, 0.2) is 6.10 Å². The molecule has 0 saturated heterocycles. The molecule has 76 heavy (non-hydrogen) atoms. The monoisotopic (exact) mass is 1060 g/mol. The van der Waals surface area contributed by atoms with E-state index in [2.05, 4.69) is 69.4 Å². The Bertz CT molecular complexity index is 1360. The van der Waals surface area contributed by atoms with Crippen molar-refractivity contribution in [2.24, 2.45) is 0 Å². The molecule has 0 N–H and O–H groups in total. The standard InChI is InChI=1S/C70H126O6/c1-4-7-10-13-16-19-21-23-25-26-27-28-29-30-31-32-33-34-35-36-37-38-39-40-41-42-43-44-46-47-49-51-54-57-60-63-69(72)75-66-67(65-74-68(71)62-59-56-53-18-15-12-9-6-3)76-70(73)64-61-58-55-52-50-48-45-24-22-20-17-14-11-8-5-2/h8,11,17,20,24,45,50,52,58,61,67H,4-7,9-10,12-16,18-19,21-23,25-44,46-49,51,53-57,59-60,62-66H2,1-3H3/b11-8-,20-17-,45-24-,52-50-,61-58-. The largest absolute Gasteiger partial charge is 0.462 e. The van der Waals surface area contributed by atoms with E-state index in [1.165, 1.54) is 238 Å². The topological polar surface area (TPSA) is 78.9 Å². The number of carbonyl (C=O) groups excluding carboxylic acids is 3. The summed E-state index contributed by atoms with van der Waals surface area (Å²) < 4.78 is 16.7. The molecule has 1 atom stereocenters. The maximum Gasteiger partial charge on any atom is 0.310 e. The van der Waals surface area contributed by atoms with E-state index < -0.39 is 12.1 Å². The van der Waals surface area contributed by atoms with Gasteiger partial charge in [-0.15, -0.1) is 0 Å². The molecule has 0 aromatic rings. The summed E-state index contributed by atoms with van der Waals surface area (Å²) in [5.41, 5.74) is 0. The van der Waals surface area contributed by atoms with Crippen molar-refractivity contribution in [3.05, 3.63) is 60.8 Å². The van der Waals surface area contributed by atoms with Crippen LogP contribution in [0.2, 0.25) is 0 Å². The second-order valence-electron chi connectivity index (χ2n) is 22.4. The Labute approximate surface area is 472 Å². The van der Waals surface area contributed by atoms with Crippen molar-refractivity contribution in [1.82, 2.24) is 0 Å². The highest BCUT2D eigenvalue weighted by Crippen LogP contribution is 2.18. The van der Waals surface area contributed by atoms with Crippen LogP contribution >= 0.6 is 0 Å². The summed E-state index contributed by atoms with van der Waals surface area (Å²) in [5.74, 6) is -1.03. The number of ether oxygens (including phenoxy) is 3. The van der Waals surface area contributed by atoms with Gasteiger partial charge in [-0.05, 0) is 44.9 Å². The molecule has 0 aliphatic rings. The lowest BCUT2D eigenvalue weighted by Gasteiger charge is -2.18. The summed E-state index contributed by atoms with van der Waals surface area (Å²) in [5, 5.41) is 0. The molecule has 0 radical (unpaired) electrons. The summed E-state index contributed by atoms with van der Waals surface area (Å²) in [6, 6.07) is 0. The summed E-state index contributed by atoms with van der Waals surface area (Å²) >= 11 is 0. The summed E-state index contributed by atoms with van der Waals surface area (Å²) in [4.78, 5) is 38.0. The van der Waals surface area contributed by atoms with Crippen LogP contribution in [0, 0.1) is 0 Å². The third-order valence-corrected chi connectivity index (χ3v) is 14.8. The maximum absolute atomic E-state index is 12.8. The third kappa shape index (κ3) is 62.0. The predicted octanol–water partition coefficient (Wildman–Crippen LogP) is 22.7. The second kappa shape index (κ2) is 64.6. The van der Waals surface area contributed by atoms with Gasteiger partial charge in [-0.1, -0.05) is 345 Å². The van der Waals surface area contributed by atoms with Crippen LogP contribution < -0.4 is 0 Å². The normalized spacial score (nSPS) is 12.4. The van der Waals surface area contributed by atoms with Crippen LogP contribution in [0.1, 0.15) is 348 Å². The molecule has 442 valence electrons. The van der Waals surface area contributed by atoms with Gasteiger partial charge in [-0.3, -0.25) is 14.4 Å². The van der Waals surface area contributed by atoms with Crippen molar-refractivity contribution in [1.29, 1.82) is 0 Å². The molecular formula is C70H126O6. The van der Waals surface area contributed by atoms with Crippen LogP contribution in [-0.4, -0.2) is 37.2 Å². The molecule has 0 bridgehead atoms. The Morgan fingerprint density at radius 1 is 0.276 bits per heavy atom. The second-order valence-corrected chi connectivity index (χ2v) is 22.4. The average Bonchev–Trinajstić information content (AvgIpc) is 3.42. The zero-order valence-corrected chi connectivity index (χ0v) is 50.8. The lowest BCUT2D eigenvalue weighted by Crippen LogP contribution is -2.30. The van der Waals surface area contributed by atoms with Crippen molar-refractivity contribution < 1.29 is 28.6 Å². The van der Waals surface area contributed by atoms with Crippen molar-refractivity contribution >= 4 is 17.9 Å². The Kier molecular flexibility index (Phi) is 62.2. The molecule has 0 aliphatic carbocycles. The first-order valence-electron chi connectivity index (χ1n) is 33.3. The molecule has 0 spiro atoms. The molecule has 0 aromatic carbocycles. The summed E-state index contributed by atoms with van der Waals surface area (Å²) in [7, 11) is 0. The van der Waals surface area contributed by atoms with E-state index in [0.717, 1.165) is 70.6 Å². The van der Waals surface area contributed by atoms with Gasteiger partial charge in [-0.25, -0.2) is 0 Å². The van der Waals surface area contributed by atoms with Gasteiger partial charge in [0.25, 0.3) is 0 Å². The van der Waals surface area contributed by atoms with Crippen molar-refractivity contribution in [3.63, 3.8) is 0 Å². The lowest BCUT2D eigenvalue weighted by atomic mass is 10.0. The van der Waals surface area contributed by atoms with E-state index in [9.17, 15) is 14.4 Å². The molecule has 0 fully saturated rings. The average molecular weight is 1060 g/mol. The van der Waals surface area contributed by atoms with E-state index in [4.69, 9.17) is 14.2 Å². The number of esters is 3. The van der Waals surface area contributed by atoms with Gasteiger partial charge in [0.2, 0.25) is 0 Å². The number of unbranched alkanes of at least 4 members (excludes halogenated alkanes) is 41. The van der Waals surface area contributed by atoms with E-state index in [0.29, 0.717) is 12.8 Å². The molecule has 6 nitrogen and oxygen atoms in total. The summed E-state index contributed by atoms with van der Waals surface area (Å²) in [6.07, 6.45) is 83.2. The zero-order valence-electron chi connectivity index (χ0n) is 50.8. The minimum Gasteiger partial charge on any atom is -0.462 e. The number of hydrogen-bond acceptors (Lipinski definition) is 6. The highest BCUT2D eigenvalue weighted by atomic mass is 16.6. The molecule has 0 aromatic heterocycles. The fourth-order valence-corrected chi connectivity index (χ4v) is 9.88. The van der Waals surface area contributed by atoms with Gasteiger partial charge in [0.1, 0.15) is 13.2 Å². The third-order valence-electron chi connectivity index (χ3n) is 14.8. The first-order valence-corrected chi connectivity index (χ1v) is 33.3. The van der Waals surface area contributed by atoms with Gasteiger partial charge < -0.3 is 14.2 Å². The van der Waals surface area contributed by atoms with E-state index in [1.54, 1.807) is 6.08 Å². The highest BCUT2D eigenvalue weighted by Gasteiger charge is 2.19. The smallest absolute Gasteiger partial charge is 0.310 e.